The van der Waals surface area contributed by atoms with E-state index in [1.165, 1.54) is 18.2 Å². The van der Waals surface area contributed by atoms with E-state index in [1.807, 2.05) is 6.92 Å². The summed E-state index contributed by atoms with van der Waals surface area (Å²) < 4.78 is 26.6. The molecule has 17 heavy (non-hydrogen) atoms. The Hall–Kier alpha value is -2.04. The van der Waals surface area contributed by atoms with Crippen LogP contribution >= 0.6 is 0 Å². The summed E-state index contributed by atoms with van der Waals surface area (Å²) in [6.45, 7) is 2.52. The number of halogens is 2. The molecule has 0 aliphatic heterocycles. The van der Waals surface area contributed by atoms with E-state index < -0.39 is 11.6 Å². The molecule has 0 aliphatic rings. The van der Waals surface area contributed by atoms with Gasteiger partial charge in [0.05, 0.1) is 6.20 Å². The Kier molecular flexibility index (Phi) is 3.27. The molecule has 0 unspecified atom stereocenters. The molecule has 1 heterocycles. The summed E-state index contributed by atoms with van der Waals surface area (Å²) in [7, 11) is 0. The standard InChI is InChI=1S/C12H11F2N3/c1-2-15-12-16-7-10(14)11(17-12)8-4-3-5-9(13)6-8/h3-7H,2H2,1H3,(H,15,16,17). The molecule has 2 rings (SSSR count). The number of benzene rings is 1. The molecule has 5 heteroatoms. The second kappa shape index (κ2) is 4.86. The molecule has 0 saturated carbocycles. The Morgan fingerprint density at radius 1 is 1.29 bits per heavy atom. The van der Waals surface area contributed by atoms with Crippen LogP contribution in [0.25, 0.3) is 11.3 Å². The molecule has 0 atom stereocenters. The Balaban J connectivity index is 2.46. The molecular weight excluding hydrogens is 224 g/mol. The van der Waals surface area contributed by atoms with Gasteiger partial charge in [-0.3, -0.25) is 0 Å². The van der Waals surface area contributed by atoms with Crippen LogP contribution in [0.4, 0.5) is 14.7 Å². The van der Waals surface area contributed by atoms with E-state index in [9.17, 15) is 8.78 Å². The lowest BCUT2D eigenvalue weighted by molar-refractivity contribution is 0.616. The van der Waals surface area contributed by atoms with E-state index in [4.69, 9.17) is 0 Å². The maximum Gasteiger partial charge on any atom is 0.223 e. The molecule has 0 spiro atoms. The molecule has 1 aromatic heterocycles. The first-order valence-corrected chi connectivity index (χ1v) is 5.23. The predicted molar refractivity (Wildman–Crippen MR) is 61.5 cm³/mol. The summed E-state index contributed by atoms with van der Waals surface area (Å²) >= 11 is 0. The summed E-state index contributed by atoms with van der Waals surface area (Å²) in [4.78, 5) is 7.80. The fourth-order valence-corrected chi connectivity index (χ4v) is 1.45. The number of anilines is 1. The zero-order chi connectivity index (χ0) is 12.3. The fraction of sp³-hybridized carbons (Fsp3) is 0.167. The van der Waals surface area contributed by atoms with Gasteiger partial charge in [-0.1, -0.05) is 12.1 Å². The highest BCUT2D eigenvalue weighted by molar-refractivity contribution is 5.60. The van der Waals surface area contributed by atoms with Crippen molar-refractivity contribution < 1.29 is 8.78 Å². The molecular formula is C12H11F2N3. The number of hydrogen-bond acceptors (Lipinski definition) is 3. The second-order valence-electron chi connectivity index (χ2n) is 3.43. The van der Waals surface area contributed by atoms with Gasteiger partial charge in [-0.15, -0.1) is 0 Å². The fourth-order valence-electron chi connectivity index (χ4n) is 1.45. The van der Waals surface area contributed by atoms with Crippen LogP contribution < -0.4 is 5.32 Å². The van der Waals surface area contributed by atoms with Gasteiger partial charge in [-0.25, -0.2) is 18.7 Å². The maximum absolute atomic E-state index is 13.6. The van der Waals surface area contributed by atoms with E-state index in [1.54, 1.807) is 6.07 Å². The lowest BCUT2D eigenvalue weighted by Crippen LogP contribution is -2.04. The van der Waals surface area contributed by atoms with Crippen LogP contribution in [-0.4, -0.2) is 16.5 Å². The second-order valence-corrected chi connectivity index (χ2v) is 3.43. The molecule has 88 valence electrons. The Labute approximate surface area is 97.5 Å². The topological polar surface area (TPSA) is 37.8 Å². The van der Waals surface area contributed by atoms with Gasteiger partial charge in [0.1, 0.15) is 11.5 Å². The van der Waals surface area contributed by atoms with Crippen molar-refractivity contribution in [3.05, 3.63) is 42.1 Å². The van der Waals surface area contributed by atoms with E-state index in [0.29, 0.717) is 18.1 Å². The minimum Gasteiger partial charge on any atom is -0.354 e. The molecule has 0 fully saturated rings. The van der Waals surface area contributed by atoms with Crippen LogP contribution in [0, 0.1) is 11.6 Å². The zero-order valence-electron chi connectivity index (χ0n) is 9.24. The number of nitrogens with zero attached hydrogens (tertiary/aromatic N) is 2. The van der Waals surface area contributed by atoms with Crippen LogP contribution in [0.2, 0.25) is 0 Å². The number of rotatable bonds is 3. The number of hydrogen-bond donors (Lipinski definition) is 1. The first-order chi connectivity index (χ1) is 8.20. The molecule has 0 radical (unpaired) electrons. The van der Waals surface area contributed by atoms with Crippen molar-refractivity contribution in [1.29, 1.82) is 0 Å². The van der Waals surface area contributed by atoms with Crippen molar-refractivity contribution in [1.82, 2.24) is 9.97 Å². The highest BCUT2D eigenvalue weighted by Gasteiger charge is 2.09. The molecule has 3 nitrogen and oxygen atoms in total. The molecule has 1 N–H and O–H groups in total. The van der Waals surface area contributed by atoms with Gasteiger partial charge in [-0.05, 0) is 19.1 Å². The van der Waals surface area contributed by atoms with Crippen molar-refractivity contribution in [3.63, 3.8) is 0 Å². The molecule has 2 aromatic rings. The van der Waals surface area contributed by atoms with Crippen LogP contribution in [0.3, 0.4) is 0 Å². The number of aromatic nitrogens is 2. The van der Waals surface area contributed by atoms with Crippen LogP contribution in [-0.2, 0) is 0 Å². The van der Waals surface area contributed by atoms with Gasteiger partial charge in [0.15, 0.2) is 5.82 Å². The molecule has 0 bridgehead atoms. The quantitative estimate of drug-likeness (QED) is 0.888. The lowest BCUT2D eigenvalue weighted by Gasteiger charge is -2.06. The van der Waals surface area contributed by atoms with Gasteiger partial charge >= 0.3 is 0 Å². The Morgan fingerprint density at radius 2 is 2.12 bits per heavy atom. The lowest BCUT2D eigenvalue weighted by atomic mass is 10.1. The largest absolute Gasteiger partial charge is 0.354 e. The highest BCUT2D eigenvalue weighted by Crippen LogP contribution is 2.21. The van der Waals surface area contributed by atoms with E-state index in [2.05, 4.69) is 15.3 Å². The van der Waals surface area contributed by atoms with Gasteiger partial charge in [0.25, 0.3) is 0 Å². The summed E-state index contributed by atoms with van der Waals surface area (Å²) in [6, 6.07) is 5.65. The summed E-state index contributed by atoms with van der Waals surface area (Å²) in [5.74, 6) is -0.670. The van der Waals surface area contributed by atoms with Crippen molar-refractivity contribution in [3.8, 4) is 11.3 Å². The van der Waals surface area contributed by atoms with Crippen molar-refractivity contribution in [2.75, 3.05) is 11.9 Å². The van der Waals surface area contributed by atoms with E-state index >= 15 is 0 Å². The average molecular weight is 235 g/mol. The first kappa shape index (κ1) is 11.4. The van der Waals surface area contributed by atoms with Crippen LogP contribution in [0.1, 0.15) is 6.92 Å². The highest BCUT2D eigenvalue weighted by atomic mass is 19.1. The molecule has 1 aromatic carbocycles. The average Bonchev–Trinajstić information content (AvgIpc) is 2.32. The smallest absolute Gasteiger partial charge is 0.223 e. The first-order valence-electron chi connectivity index (χ1n) is 5.23. The summed E-state index contributed by atoms with van der Waals surface area (Å²) in [5, 5.41) is 2.88. The van der Waals surface area contributed by atoms with Gasteiger partial charge in [0.2, 0.25) is 5.95 Å². The molecule has 0 amide bonds. The van der Waals surface area contributed by atoms with E-state index in [-0.39, 0.29) is 5.69 Å². The SMILES string of the molecule is CCNc1ncc(F)c(-c2cccc(F)c2)n1. The van der Waals surface area contributed by atoms with Gasteiger partial charge in [-0.2, -0.15) is 0 Å². The minimum absolute atomic E-state index is 0.0930. The predicted octanol–water partition coefficient (Wildman–Crippen LogP) is 2.85. The van der Waals surface area contributed by atoms with Crippen molar-refractivity contribution in [2.24, 2.45) is 0 Å². The van der Waals surface area contributed by atoms with Crippen LogP contribution in [0.5, 0.6) is 0 Å². The minimum atomic E-state index is -0.572. The third-order valence-corrected chi connectivity index (χ3v) is 2.18. The van der Waals surface area contributed by atoms with Crippen molar-refractivity contribution >= 4 is 5.95 Å². The third-order valence-electron chi connectivity index (χ3n) is 2.18. The number of nitrogens with one attached hydrogen (secondary N) is 1. The normalized spacial score (nSPS) is 10.3. The molecule has 0 aliphatic carbocycles. The Bertz CT molecular complexity index is 529. The summed E-state index contributed by atoms with van der Waals surface area (Å²) in [5.41, 5.74) is 0.486. The van der Waals surface area contributed by atoms with Crippen LogP contribution in [0.15, 0.2) is 30.5 Å². The van der Waals surface area contributed by atoms with Gasteiger partial charge in [0, 0.05) is 12.1 Å². The third kappa shape index (κ3) is 2.55. The monoisotopic (exact) mass is 235 g/mol. The maximum atomic E-state index is 13.6. The van der Waals surface area contributed by atoms with Crippen molar-refractivity contribution in [2.45, 2.75) is 6.92 Å². The Morgan fingerprint density at radius 3 is 2.82 bits per heavy atom. The summed E-state index contributed by atoms with van der Waals surface area (Å²) in [6.07, 6.45) is 1.07. The molecule has 0 saturated heterocycles. The zero-order valence-corrected chi connectivity index (χ0v) is 9.24. The van der Waals surface area contributed by atoms with E-state index in [0.717, 1.165) is 6.20 Å². The van der Waals surface area contributed by atoms with Gasteiger partial charge < -0.3 is 5.32 Å².